The molecule has 0 amide bonds. The number of nitrogens with zero attached hydrogens (tertiary/aromatic N) is 2. The number of pyridine rings is 2. The summed E-state index contributed by atoms with van der Waals surface area (Å²) in [7, 11) is 0. The minimum atomic E-state index is -0.00639. The monoisotopic (exact) mass is 1150 g/mol. The first-order valence-electron chi connectivity index (χ1n) is 32.2. The van der Waals surface area contributed by atoms with Crippen LogP contribution in [-0.2, 0) is 18.4 Å². The van der Waals surface area contributed by atoms with E-state index in [2.05, 4.69) is 334 Å². The van der Waals surface area contributed by atoms with Gasteiger partial charge in [0.15, 0.2) is 18.4 Å². The van der Waals surface area contributed by atoms with Crippen molar-refractivity contribution in [3.8, 4) is 112 Å². The quantitative estimate of drug-likeness (QED) is 0.0852. The topological polar surface area (TPSA) is 7.76 Å². The van der Waals surface area contributed by atoms with Crippen molar-refractivity contribution >= 4 is 10.8 Å². The van der Waals surface area contributed by atoms with Crippen LogP contribution in [0.2, 0.25) is 0 Å². The largest absolute Gasteiger partial charge is 0.220 e. The molecule has 1 aliphatic heterocycles. The van der Waals surface area contributed by atoms with Crippen molar-refractivity contribution < 1.29 is 9.13 Å². The molecule has 3 unspecified atom stereocenters. The standard InChI is InChI=1S/C87H74N2/c1-5-7-25-61-41-43-83-80-38-22-23-39-82(80)87(85(89(83)59-61)86(87,4)6-2)45-47-88-46-44-66-34-20-21-37-79(66)84(88)81-58-69(42-40-60(81)3)67-35-24-36-68(48-67)74-55-77(75-51-70(62-26-12-8-13-27-62)49-71(52-75)63-28-14-9-15-29-63)57-78(56-74)76-53-72(64-30-16-10-17-31-64)50-73(54-76)65-32-18-11-19-33-65/h8-24,26-44,46,48-59,85H,5-7,25,45,47H2,1-4H3/q+2. The lowest BCUT2D eigenvalue weighted by molar-refractivity contribution is -0.704. The van der Waals surface area contributed by atoms with E-state index in [-0.39, 0.29) is 10.8 Å². The Kier molecular flexibility index (Phi) is 14.5. The Morgan fingerprint density at radius 3 is 1.38 bits per heavy atom. The summed E-state index contributed by atoms with van der Waals surface area (Å²) >= 11 is 0. The van der Waals surface area contributed by atoms with E-state index in [1.165, 1.54) is 135 Å². The summed E-state index contributed by atoms with van der Waals surface area (Å²) in [6, 6.07) is 107. The molecule has 15 rings (SSSR count). The predicted octanol–water partition coefficient (Wildman–Crippen LogP) is 22.0. The minimum absolute atomic E-state index is 0.00639. The Morgan fingerprint density at radius 2 is 0.843 bits per heavy atom. The van der Waals surface area contributed by atoms with E-state index in [1.54, 1.807) is 0 Å². The maximum absolute atomic E-state index is 2.71. The van der Waals surface area contributed by atoms with Crippen molar-refractivity contribution in [1.29, 1.82) is 0 Å². The van der Waals surface area contributed by atoms with Crippen LogP contribution in [0.25, 0.3) is 122 Å². The van der Waals surface area contributed by atoms with Crippen LogP contribution in [0.5, 0.6) is 0 Å². The molecule has 2 heteroatoms. The van der Waals surface area contributed by atoms with Crippen LogP contribution in [0.4, 0.5) is 0 Å². The highest BCUT2D eigenvalue weighted by molar-refractivity contribution is 5.95. The fourth-order valence-electron chi connectivity index (χ4n) is 15.3. The van der Waals surface area contributed by atoms with Gasteiger partial charge in [-0.1, -0.05) is 215 Å². The zero-order valence-corrected chi connectivity index (χ0v) is 51.5. The number of unbranched alkanes of at least 4 members (excludes halogenated alkanes) is 1. The first kappa shape index (κ1) is 55.6. The van der Waals surface area contributed by atoms with Crippen LogP contribution in [0.15, 0.2) is 298 Å². The van der Waals surface area contributed by atoms with Crippen LogP contribution >= 0.6 is 0 Å². The Balaban J connectivity index is 0.855. The van der Waals surface area contributed by atoms with Crippen molar-refractivity contribution in [2.45, 2.75) is 77.8 Å². The van der Waals surface area contributed by atoms with Crippen molar-refractivity contribution in [2.24, 2.45) is 5.41 Å². The third kappa shape index (κ3) is 10.1. The van der Waals surface area contributed by atoms with Gasteiger partial charge < -0.3 is 0 Å². The lowest BCUT2D eigenvalue weighted by Gasteiger charge is -2.24. The van der Waals surface area contributed by atoms with Crippen LogP contribution in [0.1, 0.15) is 69.2 Å². The number of hydrogen-bond donors (Lipinski definition) is 0. The molecule has 11 aromatic carbocycles. The zero-order valence-electron chi connectivity index (χ0n) is 51.5. The Morgan fingerprint density at radius 1 is 0.393 bits per heavy atom. The molecule has 1 fully saturated rings. The SMILES string of the molecule is CCCCc1ccc2[n+](c1)C1C(C)(CC)C1(CC[n+]1ccc3ccccc3c1-c1cc(-c3cccc(-c4cc(-c5cc(-c6ccccc6)cc(-c6ccccc6)c5)cc(-c5cc(-c6ccccc6)cc(-c6ccccc6)c5)c4)c3)ccc1C)c1ccccc1-2. The summed E-state index contributed by atoms with van der Waals surface area (Å²) in [5.41, 5.74) is 28.5. The minimum Gasteiger partial charge on any atom is -0.198 e. The smallest absolute Gasteiger partial charge is 0.198 e. The highest BCUT2D eigenvalue weighted by Crippen LogP contribution is 2.76. The molecule has 0 N–H and O–H groups in total. The lowest BCUT2D eigenvalue weighted by Crippen LogP contribution is -2.44. The van der Waals surface area contributed by atoms with E-state index >= 15 is 0 Å². The van der Waals surface area contributed by atoms with Gasteiger partial charge in [0, 0.05) is 29.5 Å². The van der Waals surface area contributed by atoms with Crippen molar-refractivity contribution in [3.05, 3.63) is 314 Å². The van der Waals surface area contributed by atoms with Gasteiger partial charge in [-0.05, 0) is 217 Å². The van der Waals surface area contributed by atoms with Crippen LogP contribution < -0.4 is 9.13 Å². The second-order valence-corrected chi connectivity index (χ2v) is 25.3. The van der Waals surface area contributed by atoms with Crippen LogP contribution in [0, 0.1) is 12.3 Å². The lowest BCUT2D eigenvalue weighted by atomic mass is 9.79. The summed E-state index contributed by atoms with van der Waals surface area (Å²) in [4.78, 5) is 0. The molecule has 0 radical (unpaired) electrons. The maximum Gasteiger partial charge on any atom is 0.220 e. The van der Waals surface area contributed by atoms with Crippen molar-refractivity contribution in [2.75, 3.05) is 0 Å². The van der Waals surface area contributed by atoms with E-state index in [0.29, 0.717) is 6.04 Å². The van der Waals surface area contributed by atoms with Crippen LogP contribution in [0.3, 0.4) is 0 Å². The van der Waals surface area contributed by atoms with Gasteiger partial charge in [0.1, 0.15) is 6.54 Å². The van der Waals surface area contributed by atoms with E-state index in [0.717, 1.165) is 42.5 Å². The van der Waals surface area contributed by atoms with Gasteiger partial charge in [0.25, 0.3) is 0 Å². The highest BCUT2D eigenvalue weighted by Gasteiger charge is 2.82. The summed E-state index contributed by atoms with van der Waals surface area (Å²) in [5.74, 6) is 0. The molecule has 1 aliphatic carbocycles. The van der Waals surface area contributed by atoms with Gasteiger partial charge in [-0.25, -0.2) is 0 Å². The molecule has 430 valence electrons. The molecule has 3 atom stereocenters. The fraction of sp³-hybridized carbons (Fsp3) is 0.149. The average Bonchev–Trinajstić information content (AvgIpc) is 1.48. The Labute approximate surface area is 525 Å². The summed E-state index contributed by atoms with van der Waals surface area (Å²) in [6.45, 7) is 10.5. The molecule has 0 saturated heterocycles. The molecule has 1 saturated carbocycles. The number of aromatic nitrogens is 2. The summed E-state index contributed by atoms with van der Waals surface area (Å²) in [5, 5.41) is 2.53. The Hall–Kier alpha value is -10.0. The van der Waals surface area contributed by atoms with Gasteiger partial charge in [0.05, 0.1) is 21.9 Å². The normalized spacial score (nSPS) is 16.3. The molecule has 89 heavy (non-hydrogen) atoms. The first-order valence-corrected chi connectivity index (χ1v) is 32.2. The highest BCUT2D eigenvalue weighted by atomic mass is 15.1. The molecule has 2 aliphatic rings. The van der Waals surface area contributed by atoms with Crippen LogP contribution in [-0.4, -0.2) is 0 Å². The van der Waals surface area contributed by atoms with Crippen molar-refractivity contribution in [3.63, 3.8) is 0 Å². The number of benzene rings is 11. The fourth-order valence-corrected chi connectivity index (χ4v) is 15.3. The molecule has 13 aromatic rings. The third-order valence-corrected chi connectivity index (χ3v) is 20.2. The second kappa shape index (κ2) is 23.3. The molecular weight excluding hydrogens is 1070 g/mol. The molecule has 3 heterocycles. The van der Waals surface area contributed by atoms with Gasteiger partial charge in [-0.3, -0.25) is 0 Å². The number of rotatable bonds is 16. The van der Waals surface area contributed by atoms with E-state index < -0.39 is 0 Å². The molecular formula is C87H74N2+2. The summed E-state index contributed by atoms with van der Waals surface area (Å²) in [6.07, 6.45) is 10.6. The van der Waals surface area contributed by atoms with E-state index in [9.17, 15) is 0 Å². The molecule has 0 bridgehead atoms. The first-order chi connectivity index (χ1) is 43.8. The van der Waals surface area contributed by atoms with Gasteiger partial charge >= 0.3 is 0 Å². The maximum atomic E-state index is 2.71. The average molecular weight is 1150 g/mol. The second-order valence-electron chi connectivity index (χ2n) is 25.3. The van der Waals surface area contributed by atoms with E-state index in [1.807, 2.05) is 0 Å². The molecule has 0 spiro atoms. The third-order valence-electron chi connectivity index (χ3n) is 20.2. The van der Waals surface area contributed by atoms with Gasteiger partial charge in [0.2, 0.25) is 11.4 Å². The molecule has 2 nitrogen and oxygen atoms in total. The Bertz CT molecular complexity index is 4510. The number of fused-ring (bicyclic) bond motifs is 7. The number of aryl methyl sites for hydroxylation is 3. The van der Waals surface area contributed by atoms with Gasteiger partial charge in [-0.2, -0.15) is 9.13 Å². The number of hydrogen-bond acceptors (Lipinski definition) is 0. The van der Waals surface area contributed by atoms with Gasteiger partial charge in [-0.15, -0.1) is 0 Å². The van der Waals surface area contributed by atoms with E-state index in [4.69, 9.17) is 0 Å². The predicted molar refractivity (Wildman–Crippen MR) is 372 cm³/mol. The van der Waals surface area contributed by atoms with Crippen molar-refractivity contribution in [1.82, 2.24) is 0 Å². The zero-order chi connectivity index (χ0) is 60.1. The summed E-state index contributed by atoms with van der Waals surface area (Å²) < 4.78 is 5.31. The molecule has 2 aromatic heterocycles.